The van der Waals surface area contributed by atoms with Crippen molar-refractivity contribution in [1.29, 1.82) is 0 Å². The maximum atomic E-state index is 10.4. The van der Waals surface area contributed by atoms with E-state index < -0.39 is 37.3 Å². The molecule has 0 aromatic heterocycles. The number of aliphatic hydroxyl groups is 4. The van der Waals surface area contributed by atoms with E-state index in [2.05, 4.69) is 33.7 Å². The Labute approximate surface area is 238 Å². The maximum absolute atomic E-state index is 10.4. The van der Waals surface area contributed by atoms with Crippen molar-refractivity contribution in [2.24, 2.45) is 10.8 Å². The molecule has 0 bridgehead atoms. The van der Waals surface area contributed by atoms with Gasteiger partial charge < -0.3 is 55.3 Å². The summed E-state index contributed by atoms with van der Waals surface area (Å²) in [5, 5.41) is 43.9. The summed E-state index contributed by atoms with van der Waals surface area (Å²) in [6.07, 6.45) is 0.345. The van der Waals surface area contributed by atoms with Crippen LogP contribution in [0.5, 0.6) is 0 Å². The first-order valence-electron chi connectivity index (χ1n) is 13.0. The minimum Gasteiger partial charge on any atom is -0.394 e. The molecule has 15 heteroatoms. The van der Waals surface area contributed by atoms with E-state index in [1.807, 2.05) is 13.8 Å². The minimum atomic E-state index is -1.38. The van der Waals surface area contributed by atoms with E-state index in [9.17, 15) is 24.9 Å². The van der Waals surface area contributed by atoms with Crippen LogP contribution in [0.25, 0.3) is 10.4 Å². The fourth-order valence-corrected chi connectivity index (χ4v) is 2.61. The van der Waals surface area contributed by atoms with Crippen molar-refractivity contribution in [3.05, 3.63) is 10.4 Å². The van der Waals surface area contributed by atoms with Crippen LogP contribution in [-0.2, 0) is 23.8 Å². The van der Waals surface area contributed by atoms with Gasteiger partial charge in [0.2, 0.25) is 0 Å². The molecule has 0 spiro atoms. The van der Waals surface area contributed by atoms with E-state index in [0.717, 1.165) is 38.7 Å². The van der Waals surface area contributed by atoms with Gasteiger partial charge in [0.05, 0.1) is 19.8 Å². The number of likely N-dealkylation sites (N-methyl/N-ethyl adjacent to an activating group) is 1. The van der Waals surface area contributed by atoms with E-state index in [0.29, 0.717) is 39.1 Å². The number of hydrogen-bond acceptors (Lipinski definition) is 13. The third-order valence-corrected chi connectivity index (χ3v) is 4.49. The summed E-state index contributed by atoms with van der Waals surface area (Å²) in [5.41, 5.74) is 12.4. The number of ether oxygens (including phenoxy) is 3. The Kier molecular flexibility index (Phi) is 42.0. The Morgan fingerprint density at radius 1 is 1.13 bits per heavy atom. The molecule has 5 atom stereocenters. The van der Waals surface area contributed by atoms with Crippen molar-refractivity contribution < 1.29 is 44.2 Å². The highest BCUT2D eigenvalue weighted by Crippen LogP contribution is 2.21. The monoisotopic (exact) mass is 587 g/mol. The second-order valence-electron chi connectivity index (χ2n) is 7.60. The highest BCUT2D eigenvalue weighted by Gasteiger charge is 2.43. The van der Waals surface area contributed by atoms with Gasteiger partial charge in [0.25, 0.3) is 0 Å². The highest BCUT2D eigenvalue weighted by molar-refractivity contribution is 7.79. The first-order valence-corrected chi connectivity index (χ1v) is 13.9. The van der Waals surface area contributed by atoms with Crippen molar-refractivity contribution in [3.8, 4) is 0 Å². The van der Waals surface area contributed by atoms with Crippen molar-refractivity contribution in [1.82, 2.24) is 5.32 Å². The number of nitrogens with two attached hydrogens (primary N) is 1. The number of thiol groups is 1. The molecule has 0 aromatic carbocycles. The lowest BCUT2D eigenvalue weighted by Crippen LogP contribution is -2.59. The Hall–Kier alpha value is -1.36. The molecular weight excluding hydrogens is 534 g/mol. The molecule has 0 aromatic rings. The van der Waals surface area contributed by atoms with E-state index in [4.69, 9.17) is 24.8 Å². The molecule has 1 heterocycles. The van der Waals surface area contributed by atoms with Gasteiger partial charge in [-0.25, -0.2) is 0 Å². The van der Waals surface area contributed by atoms with Gasteiger partial charge in [-0.2, -0.15) is 12.6 Å². The van der Waals surface area contributed by atoms with Crippen LogP contribution < -0.4 is 11.1 Å². The molecule has 1 aliphatic rings. The van der Waals surface area contributed by atoms with Crippen LogP contribution in [0.15, 0.2) is 5.11 Å². The zero-order chi connectivity index (χ0) is 30.9. The first-order chi connectivity index (χ1) is 18.8. The van der Waals surface area contributed by atoms with E-state index in [1.165, 1.54) is 7.05 Å². The molecule has 39 heavy (non-hydrogen) atoms. The molecule has 0 saturated carbocycles. The van der Waals surface area contributed by atoms with Gasteiger partial charge in [0.15, 0.2) is 6.29 Å². The van der Waals surface area contributed by atoms with Crippen LogP contribution in [0.4, 0.5) is 0 Å². The number of Topliss-reactive ketones (excluding diaryl/α,β-unsaturated/α-hetero) is 1. The molecule has 5 unspecified atom stereocenters. The van der Waals surface area contributed by atoms with E-state index in [1.54, 1.807) is 13.2 Å². The standard InChI is InChI=1S/C10H21NO6.C6H11N3O.C6H12O2.CH5N.CH4S/c1-2-11-3-4-16-10-9(15)8(14)7(13)6(5-12)17-10;1-6(10)4-2-3-5-8-9-7;1-2-5-8-6-3-4-7;2*1-2/h6-15H,2-5H2,1H3;2-5H2,1H3;4H,2-3,5-6H2,1H3;2H2,1H3;2H,1H3. The van der Waals surface area contributed by atoms with Crippen LogP contribution in [0.3, 0.4) is 0 Å². The molecule has 0 amide bonds. The summed E-state index contributed by atoms with van der Waals surface area (Å²) in [6.45, 7) is 8.66. The van der Waals surface area contributed by atoms with Crippen LogP contribution in [0, 0.1) is 0 Å². The van der Waals surface area contributed by atoms with Crippen molar-refractivity contribution in [3.63, 3.8) is 0 Å². The quantitative estimate of drug-likeness (QED) is 0.0330. The highest BCUT2D eigenvalue weighted by atomic mass is 32.1. The third kappa shape index (κ3) is 29.4. The number of unbranched alkanes of at least 4 members (excludes halogenated alkanes) is 1. The third-order valence-electron chi connectivity index (χ3n) is 4.49. The first kappa shape index (κ1) is 44.7. The maximum Gasteiger partial charge on any atom is 0.186 e. The van der Waals surface area contributed by atoms with Gasteiger partial charge in [-0.1, -0.05) is 19.0 Å². The lowest BCUT2D eigenvalue weighted by atomic mass is 9.99. The van der Waals surface area contributed by atoms with E-state index in [-0.39, 0.29) is 5.78 Å². The van der Waals surface area contributed by atoms with Gasteiger partial charge in [0, 0.05) is 37.4 Å². The molecule has 0 radical (unpaired) electrons. The predicted octanol–water partition coefficient (Wildman–Crippen LogP) is 0.591. The number of rotatable bonds is 16. The lowest BCUT2D eigenvalue weighted by Gasteiger charge is -2.39. The lowest BCUT2D eigenvalue weighted by molar-refractivity contribution is -0.300. The SMILES string of the molecule is CC(=O)CCCCN=[N+]=[N-].CCCOCCC=O.CCNCCOC1OC(CO)C(O)C(O)C1O.CN.CS. The van der Waals surface area contributed by atoms with E-state index >= 15 is 0 Å². The molecule has 1 saturated heterocycles. The average molecular weight is 588 g/mol. The summed E-state index contributed by atoms with van der Waals surface area (Å²) in [6, 6.07) is 0. The van der Waals surface area contributed by atoms with Crippen molar-refractivity contribution >= 4 is 24.7 Å². The molecular formula is C24H53N5O9S. The summed E-state index contributed by atoms with van der Waals surface area (Å²) in [5.74, 6) is 0.195. The molecule has 7 N–H and O–H groups in total. The Bertz CT molecular complexity index is 570. The fourth-order valence-electron chi connectivity index (χ4n) is 2.61. The zero-order valence-corrected chi connectivity index (χ0v) is 25.0. The normalized spacial score (nSPS) is 21.1. The number of carbonyl (C=O) groups is 2. The number of azide groups is 1. The average Bonchev–Trinajstić information content (AvgIpc) is 2.96. The number of nitrogens with zero attached hydrogens (tertiary/aromatic N) is 3. The number of ketones is 1. The van der Waals surface area contributed by atoms with Gasteiger partial charge in [0.1, 0.15) is 36.5 Å². The molecule has 234 valence electrons. The van der Waals surface area contributed by atoms with Gasteiger partial charge >= 0.3 is 0 Å². The smallest absolute Gasteiger partial charge is 0.186 e. The van der Waals surface area contributed by atoms with Gasteiger partial charge in [-0.3, -0.25) is 0 Å². The molecule has 14 nitrogen and oxygen atoms in total. The summed E-state index contributed by atoms with van der Waals surface area (Å²) >= 11 is 3.53. The number of nitrogens with one attached hydrogen (secondary N) is 1. The fraction of sp³-hybridized carbons (Fsp3) is 0.917. The molecule has 1 rings (SSSR count). The zero-order valence-electron chi connectivity index (χ0n) is 24.1. The Balaban J connectivity index is -0.000000239. The second kappa shape index (κ2) is 36.6. The van der Waals surface area contributed by atoms with Gasteiger partial charge in [-0.05, 0) is 51.6 Å². The largest absolute Gasteiger partial charge is 0.394 e. The topological polar surface area (TPSA) is 230 Å². The number of hydrogen-bond donors (Lipinski definition) is 7. The summed E-state index contributed by atoms with van der Waals surface area (Å²) in [4.78, 5) is 22.7. The molecule has 1 aliphatic heterocycles. The van der Waals surface area contributed by atoms with Crippen molar-refractivity contribution in [2.45, 2.75) is 83.6 Å². The Morgan fingerprint density at radius 3 is 2.26 bits per heavy atom. The Morgan fingerprint density at radius 2 is 1.77 bits per heavy atom. The number of aliphatic hydroxyl groups excluding tert-OH is 4. The molecule has 0 aliphatic carbocycles. The van der Waals surface area contributed by atoms with Crippen LogP contribution >= 0.6 is 12.6 Å². The minimum absolute atomic E-state index is 0.195. The number of carbonyl (C=O) groups excluding carboxylic acids is 2. The van der Waals surface area contributed by atoms with Crippen LogP contribution in [0.2, 0.25) is 0 Å². The number of aldehydes is 1. The summed E-state index contributed by atoms with van der Waals surface area (Å²) < 4.78 is 15.4. The summed E-state index contributed by atoms with van der Waals surface area (Å²) in [7, 11) is 1.50. The van der Waals surface area contributed by atoms with Crippen LogP contribution in [0.1, 0.15) is 52.9 Å². The van der Waals surface area contributed by atoms with Crippen molar-refractivity contribution in [2.75, 3.05) is 59.4 Å². The molecule has 1 fully saturated rings. The second-order valence-corrected chi connectivity index (χ2v) is 7.60. The van der Waals surface area contributed by atoms with Crippen LogP contribution in [-0.4, -0.2) is 123 Å². The predicted molar refractivity (Wildman–Crippen MR) is 154 cm³/mol. The van der Waals surface area contributed by atoms with Gasteiger partial charge in [-0.15, -0.1) is 0 Å².